The number of carbonyl (C=O) groups excluding carboxylic acids is 1. The zero-order chi connectivity index (χ0) is 21.1. The Hall–Kier alpha value is -3.14. The van der Waals surface area contributed by atoms with Gasteiger partial charge in [-0.2, -0.15) is 0 Å². The molecule has 0 unspecified atom stereocenters. The second kappa shape index (κ2) is 8.48. The average Bonchev–Trinajstić information content (AvgIpc) is 2.66. The Balaban J connectivity index is 1.85. The van der Waals surface area contributed by atoms with Crippen LogP contribution in [0, 0.1) is 41.5 Å². The summed E-state index contributed by atoms with van der Waals surface area (Å²) in [7, 11) is 0. The van der Waals surface area contributed by atoms with Crippen LogP contribution in [-0.4, -0.2) is 10.9 Å². The van der Waals surface area contributed by atoms with E-state index in [1.54, 1.807) is 0 Å². The first-order valence-electron chi connectivity index (χ1n) is 9.81. The van der Waals surface area contributed by atoms with Crippen LogP contribution < -0.4 is 10.1 Å². The molecular formula is C25H28N2O2. The van der Waals surface area contributed by atoms with Crippen molar-refractivity contribution in [3.8, 4) is 5.75 Å². The molecule has 1 aromatic heterocycles. The number of rotatable bonds is 5. The third kappa shape index (κ3) is 4.48. The summed E-state index contributed by atoms with van der Waals surface area (Å²) in [6.07, 6.45) is 0. The first-order valence-corrected chi connectivity index (χ1v) is 9.81. The Morgan fingerprint density at radius 3 is 2.17 bits per heavy atom. The molecule has 0 radical (unpaired) electrons. The second-order valence-electron chi connectivity index (χ2n) is 7.63. The minimum absolute atomic E-state index is 0.132. The van der Waals surface area contributed by atoms with E-state index in [4.69, 9.17) is 4.74 Å². The molecule has 150 valence electrons. The summed E-state index contributed by atoms with van der Waals surface area (Å²) in [6, 6.07) is 14.1. The van der Waals surface area contributed by atoms with Gasteiger partial charge in [-0.3, -0.25) is 4.79 Å². The van der Waals surface area contributed by atoms with Crippen molar-refractivity contribution >= 4 is 11.7 Å². The molecule has 4 nitrogen and oxygen atoms in total. The maximum Gasteiger partial charge on any atom is 0.257 e. The van der Waals surface area contributed by atoms with Crippen LogP contribution >= 0.6 is 0 Å². The fourth-order valence-electron chi connectivity index (χ4n) is 3.69. The quantitative estimate of drug-likeness (QED) is 0.604. The third-order valence-electron chi connectivity index (χ3n) is 5.23. The average molecular weight is 389 g/mol. The van der Waals surface area contributed by atoms with Crippen LogP contribution in [0.2, 0.25) is 0 Å². The van der Waals surface area contributed by atoms with Gasteiger partial charge in [0.15, 0.2) is 0 Å². The van der Waals surface area contributed by atoms with E-state index in [-0.39, 0.29) is 5.91 Å². The molecule has 0 aliphatic carbocycles. The molecule has 4 heteroatoms. The van der Waals surface area contributed by atoms with Crippen molar-refractivity contribution in [1.82, 2.24) is 4.98 Å². The molecule has 0 spiro atoms. The molecule has 1 N–H and O–H groups in total. The fraction of sp³-hybridized carbons (Fsp3) is 0.280. The number of hydrogen-bond donors (Lipinski definition) is 1. The van der Waals surface area contributed by atoms with Crippen molar-refractivity contribution in [2.24, 2.45) is 0 Å². The number of carbonyl (C=O) groups is 1. The minimum atomic E-state index is -0.132. The molecule has 0 fully saturated rings. The number of hydrogen-bond acceptors (Lipinski definition) is 3. The smallest absolute Gasteiger partial charge is 0.257 e. The van der Waals surface area contributed by atoms with Gasteiger partial charge in [0.05, 0.1) is 5.69 Å². The standard InChI is InChI=1S/C25H28N2O2/c1-15-12-16(2)22(17(3)13-15)25(28)27-24-19(5)18(4)23(20(6)26-24)29-14-21-10-8-7-9-11-21/h7-13H,14H2,1-6H3,(H,26,27,28). The van der Waals surface area contributed by atoms with Gasteiger partial charge in [0.2, 0.25) is 0 Å². The van der Waals surface area contributed by atoms with Gasteiger partial charge in [0, 0.05) is 5.56 Å². The molecule has 1 amide bonds. The Kier molecular flexibility index (Phi) is 6.02. The maximum atomic E-state index is 13.0. The van der Waals surface area contributed by atoms with Crippen LogP contribution in [0.4, 0.5) is 5.82 Å². The van der Waals surface area contributed by atoms with Gasteiger partial charge in [-0.15, -0.1) is 0 Å². The van der Waals surface area contributed by atoms with Gasteiger partial charge in [0.25, 0.3) is 5.91 Å². The monoisotopic (exact) mass is 388 g/mol. The van der Waals surface area contributed by atoms with E-state index in [0.29, 0.717) is 18.0 Å². The van der Waals surface area contributed by atoms with E-state index >= 15 is 0 Å². The number of aromatic nitrogens is 1. The molecule has 0 atom stereocenters. The lowest BCUT2D eigenvalue weighted by atomic mass is 9.99. The summed E-state index contributed by atoms with van der Waals surface area (Å²) in [5.41, 5.74) is 7.55. The van der Waals surface area contributed by atoms with E-state index in [2.05, 4.69) is 10.3 Å². The number of benzene rings is 2. The van der Waals surface area contributed by atoms with E-state index in [1.807, 2.05) is 84.0 Å². The summed E-state index contributed by atoms with van der Waals surface area (Å²) in [5, 5.41) is 3.00. The Morgan fingerprint density at radius 1 is 0.931 bits per heavy atom. The summed E-state index contributed by atoms with van der Waals surface area (Å²) in [5.74, 6) is 1.22. The van der Waals surface area contributed by atoms with Gasteiger partial charge < -0.3 is 10.1 Å². The largest absolute Gasteiger partial charge is 0.487 e. The molecule has 0 bridgehead atoms. The van der Waals surface area contributed by atoms with Gasteiger partial charge in [-0.1, -0.05) is 48.0 Å². The van der Waals surface area contributed by atoms with Crippen LogP contribution in [0.3, 0.4) is 0 Å². The highest BCUT2D eigenvalue weighted by Crippen LogP contribution is 2.30. The number of ether oxygens (including phenoxy) is 1. The van der Waals surface area contributed by atoms with E-state index in [9.17, 15) is 4.79 Å². The molecule has 0 aliphatic heterocycles. The number of aryl methyl sites for hydroxylation is 4. The Bertz CT molecular complexity index is 1030. The van der Waals surface area contributed by atoms with Gasteiger partial charge in [-0.05, 0) is 69.4 Å². The molecule has 1 heterocycles. The summed E-state index contributed by atoms with van der Waals surface area (Å²) in [4.78, 5) is 17.6. The van der Waals surface area contributed by atoms with Crippen LogP contribution in [0.1, 0.15) is 49.4 Å². The van der Waals surface area contributed by atoms with E-state index < -0.39 is 0 Å². The molecular weight excluding hydrogens is 360 g/mol. The lowest BCUT2D eigenvalue weighted by Crippen LogP contribution is -2.18. The highest BCUT2D eigenvalue weighted by atomic mass is 16.5. The first kappa shape index (κ1) is 20.6. The van der Waals surface area contributed by atoms with Crippen molar-refractivity contribution in [2.45, 2.75) is 48.1 Å². The number of anilines is 1. The van der Waals surface area contributed by atoms with Crippen molar-refractivity contribution < 1.29 is 9.53 Å². The molecule has 2 aromatic carbocycles. The van der Waals surface area contributed by atoms with E-state index in [1.165, 1.54) is 0 Å². The van der Waals surface area contributed by atoms with Gasteiger partial charge >= 0.3 is 0 Å². The zero-order valence-electron chi connectivity index (χ0n) is 18.0. The van der Waals surface area contributed by atoms with Crippen LogP contribution in [0.25, 0.3) is 0 Å². The maximum absolute atomic E-state index is 13.0. The van der Waals surface area contributed by atoms with Crippen LogP contribution in [0.15, 0.2) is 42.5 Å². The lowest BCUT2D eigenvalue weighted by molar-refractivity contribution is 0.102. The summed E-state index contributed by atoms with van der Waals surface area (Å²) in [6.45, 7) is 12.3. The van der Waals surface area contributed by atoms with Crippen molar-refractivity contribution in [2.75, 3.05) is 5.32 Å². The van der Waals surface area contributed by atoms with Crippen LogP contribution in [0.5, 0.6) is 5.75 Å². The predicted octanol–water partition coefficient (Wildman–Crippen LogP) is 5.76. The molecule has 3 rings (SSSR count). The first-order chi connectivity index (χ1) is 13.8. The number of nitrogens with zero attached hydrogens (tertiary/aromatic N) is 1. The molecule has 0 saturated carbocycles. The molecule has 29 heavy (non-hydrogen) atoms. The number of amides is 1. The Labute approximate surface area is 173 Å². The normalized spacial score (nSPS) is 10.7. The molecule has 0 aliphatic rings. The highest BCUT2D eigenvalue weighted by Gasteiger charge is 2.18. The SMILES string of the molecule is Cc1cc(C)c(C(=O)Nc2nc(C)c(OCc3ccccc3)c(C)c2C)c(C)c1. The van der Waals surface area contributed by atoms with E-state index in [0.717, 1.165) is 44.8 Å². The van der Waals surface area contributed by atoms with Gasteiger partial charge in [0.1, 0.15) is 18.2 Å². The van der Waals surface area contributed by atoms with Crippen molar-refractivity contribution in [3.05, 3.63) is 87.1 Å². The predicted molar refractivity (Wildman–Crippen MR) is 118 cm³/mol. The third-order valence-corrected chi connectivity index (χ3v) is 5.23. The van der Waals surface area contributed by atoms with Gasteiger partial charge in [-0.25, -0.2) is 4.98 Å². The van der Waals surface area contributed by atoms with Crippen LogP contribution in [-0.2, 0) is 6.61 Å². The summed E-state index contributed by atoms with van der Waals surface area (Å²) < 4.78 is 6.06. The lowest BCUT2D eigenvalue weighted by Gasteiger charge is -2.18. The number of pyridine rings is 1. The van der Waals surface area contributed by atoms with Crippen molar-refractivity contribution in [3.63, 3.8) is 0 Å². The Morgan fingerprint density at radius 2 is 1.55 bits per heavy atom. The topological polar surface area (TPSA) is 51.2 Å². The fourth-order valence-corrected chi connectivity index (χ4v) is 3.69. The summed E-state index contributed by atoms with van der Waals surface area (Å²) >= 11 is 0. The molecule has 3 aromatic rings. The molecule has 0 saturated heterocycles. The number of nitrogens with one attached hydrogen (secondary N) is 1. The minimum Gasteiger partial charge on any atom is -0.487 e. The van der Waals surface area contributed by atoms with Crippen molar-refractivity contribution in [1.29, 1.82) is 0 Å². The second-order valence-corrected chi connectivity index (χ2v) is 7.63. The highest BCUT2D eigenvalue weighted by molar-refractivity contribution is 6.06. The zero-order valence-corrected chi connectivity index (χ0v) is 18.0.